The fourth-order valence-corrected chi connectivity index (χ4v) is 0.983. The maximum atomic E-state index is 10.3. The van der Waals surface area contributed by atoms with Crippen LogP contribution in [0.25, 0.3) is 0 Å². The molecule has 1 atom stereocenters. The second-order valence-corrected chi connectivity index (χ2v) is 2.84. The first-order valence-corrected chi connectivity index (χ1v) is 4.41. The van der Waals surface area contributed by atoms with E-state index in [0.29, 0.717) is 12.2 Å². The first kappa shape index (κ1) is 11.1. The van der Waals surface area contributed by atoms with E-state index in [0.717, 1.165) is 0 Å². The summed E-state index contributed by atoms with van der Waals surface area (Å²) < 4.78 is 5.15. The minimum Gasteiger partial charge on any atom is -0.465 e. The van der Waals surface area contributed by atoms with E-state index in [9.17, 15) is 15.0 Å². The molecule has 0 saturated carbocycles. The molecule has 1 rings (SSSR count). The Hall–Kier alpha value is -1.98. The smallest absolute Gasteiger partial charge is 0.269 e. The van der Waals surface area contributed by atoms with Crippen molar-refractivity contribution in [2.45, 2.75) is 19.6 Å². The molecule has 0 bridgehead atoms. The largest absolute Gasteiger partial charge is 0.465 e. The number of hydrogen-bond donors (Lipinski definition) is 0. The highest BCUT2D eigenvalue weighted by molar-refractivity contribution is 5.36. The summed E-state index contributed by atoms with van der Waals surface area (Å²) in [7, 11) is 0. The summed E-state index contributed by atoms with van der Waals surface area (Å²) in [5, 5.41) is 13.1. The summed E-state index contributed by atoms with van der Waals surface area (Å²) in [6.45, 7) is 1.76. The normalized spacial score (nSPS) is 11.8. The van der Waals surface area contributed by atoms with Crippen LogP contribution < -0.4 is 4.74 Å². The Morgan fingerprint density at radius 3 is 2.47 bits per heavy atom. The maximum absolute atomic E-state index is 10.3. The third-order valence-electron chi connectivity index (χ3n) is 1.79. The van der Waals surface area contributed by atoms with Crippen molar-refractivity contribution in [1.82, 2.24) is 0 Å². The van der Waals surface area contributed by atoms with E-state index in [1.807, 2.05) is 0 Å². The summed E-state index contributed by atoms with van der Waals surface area (Å²) >= 11 is 0. The first-order valence-electron chi connectivity index (χ1n) is 4.41. The Labute approximate surface area is 86.0 Å². The molecule has 0 aromatic heterocycles. The number of nitrogens with zero attached hydrogens (tertiary/aromatic N) is 2. The molecule has 0 aliphatic carbocycles. The number of hydrogen-bond acceptors (Lipinski definition) is 5. The van der Waals surface area contributed by atoms with E-state index in [-0.39, 0.29) is 5.69 Å². The number of rotatable bonds is 5. The van der Waals surface area contributed by atoms with Crippen molar-refractivity contribution in [2.24, 2.45) is 5.18 Å². The van der Waals surface area contributed by atoms with Crippen molar-refractivity contribution in [3.63, 3.8) is 0 Å². The van der Waals surface area contributed by atoms with E-state index in [1.165, 1.54) is 24.3 Å². The fraction of sp³-hybridized carbons (Fsp3) is 0.333. The van der Waals surface area contributed by atoms with Crippen molar-refractivity contribution >= 4 is 5.69 Å². The average Bonchev–Trinajstić information content (AvgIpc) is 2.26. The van der Waals surface area contributed by atoms with E-state index in [1.54, 1.807) is 6.92 Å². The van der Waals surface area contributed by atoms with Crippen molar-refractivity contribution in [3.8, 4) is 5.75 Å². The third kappa shape index (κ3) is 3.01. The van der Waals surface area contributed by atoms with Gasteiger partial charge in [-0.3, -0.25) is 10.1 Å². The first-order chi connectivity index (χ1) is 7.17. The van der Waals surface area contributed by atoms with E-state index in [4.69, 9.17) is 4.74 Å². The van der Waals surface area contributed by atoms with Crippen molar-refractivity contribution in [2.75, 3.05) is 0 Å². The van der Waals surface area contributed by atoms with Crippen LogP contribution in [0, 0.1) is 15.0 Å². The zero-order valence-corrected chi connectivity index (χ0v) is 8.12. The third-order valence-corrected chi connectivity index (χ3v) is 1.79. The van der Waals surface area contributed by atoms with Crippen molar-refractivity contribution in [1.29, 1.82) is 0 Å². The monoisotopic (exact) mass is 210 g/mol. The Bertz CT molecular complexity index is 350. The van der Waals surface area contributed by atoms with Crippen LogP contribution in [0.4, 0.5) is 5.69 Å². The summed E-state index contributed by atoms with van der Waals surface area (Å²) in [4.78, 5) is 20.1. The topological polar surface area (TPSA) is 81.8 Å². The number of nitro groups is 1. The summed E-state index contributed by atoms with van der Waals surface area (Å²) in [5.41, 5.74) is -0.0190. The van der Waals surface area contributed by atoms with Gasteiger partial charge in [-0.05, 0) is 17.3 Å². The quantitative estimate of drug-likeness (QED) is 0.424. The fourth-order valence-electron chi connectivity index (χ4n) is 0.983. The van der Waals surface area contributed by atoms with Gasteiger partial charge in [-0.15, -0.1) is 4.91 Å². The van der Waals surface area contributed by atoms with Gasteiger partial charge in [0.2, 0.25) is 6.23 Å². The minimum absolute atomic E-state index is 0.0190. The van der Waals surface area contributed by atoms with Gasteiger partial charge in [-0.1, -0.05) is 6.92 Å². The molecule has 80 valence electrons. The lowest BCUT2D eigenvalue weighted by Gasteiger charge is -2.09. The zero-order chi connectivity index (χ0) is 11.3. The molecule has 1 aromatic carbocycles. The molecule has 6 nitrogen and oxygen atoms in total. The van der Waals surface area contributed by atoms with Gasteiger partial charge >= 0.3 is 0 Å². The highest BCUT2D eigenvalue weighted by Gasteiger charge is 2.09. The minimum atomic E-state index is -0.744. The van der Waals surface area contributed by atoms with Crippen LogP contribution in [0.2, 0.25) is 0 Å². The molecule has 0 amide bonds. The molecule has 0 aliphatic heterocycles. The molecule has 1 aromatic rings. The van der Waals surface area contributed by atoms with Gasteiger partial charge in [0.15, 0.2) is 0 Å². The molecular formula is C9H10N2O4. The summed E-state index contributed by atoms with van der Waals surface area (Å²) in [5.74, 6) is 0.395. The Kier molecular flexibility index (Phi) is 3.73. The maximum Gasteiger partial charge on any atom is 0.269 e. The van der Waals surface area contributed by atoms with Crippen LogP contribution in [0.3, 0.4) is 0 Å². The molecule has 0 spiro atoms. The lowest BCUT2D eigenvalue weighted by molar-refractivity contribution is -0.384. The molecule has 6 heteroatoms. The van der Waals surface area contributed by atoms with Crippen LogP contribution in [-0.4, -0.2) is 11.2 Å². The van der Waals surface area contributed by atoms with Crippen LogP contribution in [0.5, 0.6) is 5.75 Å². The number of benzene rings is 1. The number of ether oxygens (including phenoxy) is 1. The highest BCUT2D eigenvalue weighted by atomic mass is 16.6. The highest BCUT2D eigenvalue weighted by Crippen LogP contribution is 2.19. The molecule has 1 unspecified atom stereocenters. The summed E-state index contributed by atoms with van der Waals surface area (Å²) in [6.07, 6.45) is -0.285. The molecule has 15 heavy (non-hydrogen) atoms. The van der Waals surface area contributed by atoms with Gasteiger partial charge in [0, 0.05) is 18.6 Å². The molecule has 0 heterocycles. The molecule has 0 N–H and O–H groups in total. The predicted octanol–water partition coefficient (Wildman–Crippen LogP) is 2.48. The Morgan fingerprint density at radius 1 is 1.47 bits per heavy atom. The molecular weight excluding hydrogens is 200 g/mol. The molecule has 0 saturated heterocycles. The molecule has 0 radical (unpaired) electrons. The standard InChI is InChI=1S/C9H10N2O4/c1-2-9(10-12)15-8-5-3-7(4-6-8)11(13)14/h3-6,9H,2H2,1H3. The molecule has 0 fully saturated rings. The van der Waals surface area contributed by atoms with Crippen LogP contribution in [0.15, 0.2) is 29.4 Å². The molecule has 0 aliphatic rings. The zero-order valence-electron chi connectivity index (χ0n) is 8.12. The Morgan fingerprint density at radius 2 is 2.07 bits per heavy atom. The van der Waals surface area contributed by atoms with Crippen molar-refractivity contribution < 1.29 is 9.66 Å². The van der Waals surface area contributed by atoms with E-state index >= 15 is 0 Å². The second kappa shape index (κ2) is 5.04. The predicted molar refractivity (Wildman–Crippen MR) is 53.6 cm³/mol. The Balaban J connectivity index is 2.71. The second-order valence-electron chi connectivity index (χ2n) is 2.84. The SMILES string of the molecule is CCC(N=O)Oc1ccc([N+](=O)[O-])cc1. The van der Waals surface area contributed by atoms with Gasteiger partial charge in [0.1, 0.15) is 5.75 Å². The van der Waals surface area contributed by atoms with Crippen molar-refractivity contribution in [3.05, 3.63) is 39.3 Å². The van der Waals surface area contributed by atoms with Gasteiger partial charge in [-0.25, -0.2) is 0 Å². The lowest BCUT2D eigenvalue weighted by atomic mass is 10.3. The lowest BCUT2D eigenvalue weighted by Crippen LogP contribution is -2.10. The average molecular weight is 210 g/mol. The van der Waals surface area contributed by atoms with Crippen LogP contribution in [0.1, 0.15) is 13.3 Å². The van der Waals surface area contributed by atoms with E-state index in [2.05, 4.69) is 5.18 Å². The van der Waals surface area contributed by atoms with Gasteiger partial charge < -0.3 is 4.74 Å². The number of nitroso groups, excluding NO2 is 1. The van der Waals surface area contributed by atoms with Gasteiger partial charge in [0.05, 0.1) is 4.92 Å². The van der Waals surface area contributed by atoms with Gasteiger partial charge in [0.25, 0.3) is 5.69 Å². The number of non-ortho nitro benzene ring substituents is 1. The van der Waals surface area contributed by atoms with Gasteiger partial charge in [-0.2, -0.15) is 0 Å². The van der Waals surface area contributed by atoms with Crippen LogP contribution in [-0.2, 0) is 0 Å². The summed E-state index contributed by atoms with van der Waals surface area (Å²) in [6, 6.07) is 5.50. The van der Waals surface area contributed by atoms with Crippen LogP contribution >= 0.6 is 0 Å². The number of nitro benzene ring substituents is 1. The van der Waals surface area contributed by atoms with E-state index < -0.39 is 11.2 Å².